The van der Waals surface area contributed by atoms with Gasteiger partial charge >= 0.3 is 0 Å². The lowest BCUT2D eigenvalue weighted by Crippen LogP contribution is -2.04. The first-order chi connectivity index (χ1) is 9.36. The van der Waals surface area contributed by atoms with Gasteiger partial charge in [-0.1, -0.05) is 17.4 Å². The van der Waals surface area contributed by atoms with Gasteiger partial charge in [0.05, 0.1) is 0 Å². The Labute approximate surface area is 114 Å². The van der Waals surface area contributed by atoms with Gasteiger partial charge in [-0.05, 0) is 25.1 Å². The number of aryl methyl sites for hydroxylation is 2. The first-order valence-corrected chi connectivity index (χ1v) is 6.98. The molecule has 0 aromatic carbocycles. The molecule has 0 atom stereocenters. The Hall–Kier alpha value is -1.86. The molecule has 0 fully saturated rings. The zero-order chi connectivity index (χ0) is 13.1. The van der Waals surface area contributed by atoms with Crippen LogP contribution < -0.4 is 5.73 Å². The van der Waals surface area contributed by atoms with Gasteiger partial charge < -0.3 is 5.73 Å². The molecule has 98 valence electrons. The van der Waals surface area contributed by atoms with Crippen molar-refractivity contribution in [3.8, 4) is 0 Å². The maximum absolute atomic E-state index is 5.54. The van der Waals surface area contributed by atoms with E-state index in [9.17, 15) is 0 Å². The molecule has 3 heterocycles. The fourth-order valence-corrected chi connectivity index (χ4v) is 2.73. The van der Waals surface area contributed by atoms with Gasteiger partial charge in [-0.3, -0.25) is 4.98 Å². The summed E-state index contributed by atoms with van der Waals surface area (Å²) in [6.07, 6.45) is 4.21. The Balaban J connectivity index is 1.77. The number of hydrogen-bond donors (Lipinski definition) is 1. The van der Waals surface area contributed by atoms with Gasteiger partial charge in [0.25, 0.3) is 0 Å². The van der Waals surface area contributed by atoms with Crippen molar-refractivity contribution in [2.24, 2.45) is 5.73 Å². The van der Waals surface area contributed by atoms with E-state index in [1.54, 1.807) is 17.5 Å². The predicted molar refractivity (Wildman–Crippen MR) is 73.1 cm³/mol. The van der Waals surface area contributed by atoms with E-state index in [4.69, 9.17) is 5.73 Å². The number of aromatic nitrogens is 5. The molecule has 3 aromatic heterocycles. The SMILES string of the molecule is NCCc1nn2c(CCc3ccccn3)nnc2s1. The molecule has 0 bridgehead atoms. The van der Waals surface area contributed by atoms with Crippen LogP contribution in [0.2, 0.25) is 0 Å². The minimum Gasteiger partial charge on any atom is -0.330 e. The molecule has 6 nitrogen and oxygen atoms in total. The van der Waals surface area contributed by atoms with E-state index < -0.39 is 0 Å². The van der Waals surface area contributed by atoms with Crippen LogP contribution in [0.1, 0.15) is 16.5 Å². The average Bonchev–Trinajstić information content (AvgIpc) is 2.98. The summed E-state index contributed by atoms with van der Waals surface area (Å²) in [6, 6.07) is 5.92. The van der Waals surface area contributed by atoms with Gasteiger partial charge in [-0.2, -0.15) is 9.61 Å². The van der Waals surface area contributed by atoms with Gasteiger partial charge in [0.1, 0.15) is 5.01 Å². The van der Waals surface area contributed by atoms with Crippen molar-refractivity contribution in [1.29, 1.82) is 0 Å². The molecule has 0 saturated heterocycles. The van der Waals surface area contributed by atoms with Crippen molar-refractivity contribution >= 4 is 16.3 Å². The Morgan fingerprint density at radius 1 is 1.16 bits per heavy atom. The van der Waals surface area contributed by atoms with E-state index in [-0.39, 0.29) is 0 Å². The summed E-state index contributed by atoms with van der Waals surface area (Å²) < 4.78 is 1.82. The van der Waals surface area contributed by atoms with Crippen molar-refractivity contribution in [3.05, 3.63) is 40.9 Å². The van der Waals surface area contributed by atoms with Crippen molar-refractivity contribution < 1.29 is 0 Å². The summed E-state index contributed by atoms with van der Waals surface area (Å²) in [4.78, 5) is 5.13. The summed E-state index contributed by atoms with van der Waals surface area (Å²) in [5, 5.41) is 13.8. The smallest absolute Gasteiger partial charge is 0.234 e. The Morgan fingerprint density at radius 2 is 2.11 bits per heavy atom. The van der Waals surface area contributed by atoms with E-state index >= 15 is 0 Å². The molecule has 2 N–H and O–H groups in total. The highest BCUT2D eigenvalue weighted by atomic mass is 32.1. The highest BCUT2D eigenvalue weighted by Crippen LogP contribution is 2.15. The summed E-state index contributed by atoms with van der Waals surface area (Å²) in [6.45, 7) is 0.605. The standard InChI is InChI=1S/C12H14N6S/c13-7-6-11-17-18-10(15-16-12(18)19-11)5-4-9-3-1-2-8-14-9/h1-3,8H,4-7,13H2. The molecule has 0 unspecified atom stereocenters. The molecule has 7 heteroatoms. The van der Waals surface area contributed by atoms with Gasteiger partial charge in [0, 0.05) is 24.7 Å². The van der Waals surface area contributed by atoms with Crippen LogP contribution in [0, 0.1) is 0 Å². The van der Waals surface area contributed by atoms with Crippen LogP contribution in [-0.4, -0.2) is 31.3 Å². The maximum atomic E-state index is 5.54. The number of nitrogens with two attached hydrogens (primary N) is 1. The van der Waals surface area contributed by atoms with Crippen LogP contribution in [0.3, 0.4) is 0 Å². The van der Waals surface area contributed by atoms with E-state index in [0.717, 1.165) is 40.7 Å². The second-order valence-corrected chi connectivity index (χ2v) is 5.21. The van der Waals surface area contributed by atoms with Crippen molar-refractivity contribution in [1.82, 2.24) is 24.8 Å². The quantitative estimate of drug-likeness (QED) is 0.746. The van der Waals surface area contributed by atoms with Gasteiger partial charge in [-0.15, -0.1) is 10.2 Å². The van der Waals surface area contributed by atoms with Crippen LogP contribution >= 0.6 is 11.3 Å². The minimum atomic E-state index is 0.605. The zero-order valence-electron chi connectivity index (χ0n) is 10.4. The van der Waals surface area contributed by atoms with Crippen molar-refractivity contribution in [3.63, 3.8) is 0 Å². The second-order valence-electron chi connectivity index (χ2n) is 4.17. The summed E-state index contributed by atoms with van der Waals surface area (Å²) in [7, 11) is 0. The van der Waals surface area contributed by atoms with Crippen LogP contribution in [0.5, 0.6) is 0 Å². The lowest BCUT2D eigenvalue weighted by molar-refractivity contribution is 0.764. The third kappa shape index (κ3) is 2.61. The van der Waals surface area contributed by atoms with Crippen LogP contribution in [0.15, 0.2) is 24.4 Å². The molecule has 19 heavy (non-hydrogen) atoms. The molecule has 3 aromatic rings. The highest BCUT2D eigenvalue weighted by molar-refractivity contribution is 7.16. The number of rotatable bonds is 5. The van der Waals surface area contributed by atoms with E-state index in [2.05, 4.69) is 20.3 Å². The zero-order valence-corrected chi connectivity index (χ0v) is 11.2. The molecule has 0 radical (unpaired) electrons. The third-order valence-electron chi connectivity index (χ3n) is 2.79. The normalized spacial score (nSPS) is 11.2. The monoisotopic (exact) mass is 274 g/mol. The lowest BCUT2D eigenvalue weighted by Gasteiger charge is -1.97. The molecular weight excluding hydrogens is 260 g/mol. The fourth-order valence-electron chi connectivity index (χ4n) is 1.86. The third-order valence-corrected chi connectivity index (χ3v) is 3.74. The maximum Gasteiger partial charge on any atom is 0.234 e. The van der Waals surface area contributed by atoms with Gasteiger partial charge in [0.15, 0.2) is 5.82 Å². The largest absolute Gasteiger partial charge is 0.330 e. The van der Waals surface area contributed by atoms with Crippen molar-refractivity contribution in [2.45, 2.75) is 19.3 Å². The van der Waals surface area contributed by atoms with E-state index in [1.165, 1.54) is 0 Å². The highest BCUT2D eigenvalue weighted by Gasteiger charge is 2.11. The van der Waals surface area contributed by atoms with E-state index in [1.807, 2.05) is 22.7 Å². The predicted octanol–water partition coefficient (Wildman–Crippen LogP) is 0.867. The topological polar surface area (TPSA) is 82.0 Å². The molecule has 0 aliphatic heterocycles. The van der Waals surface area contributed by atoms with Crippen LogP contribution in [0.4, 0.5) is 0 Å². The molecule has 3 rings (SSSR count). The van der Waals surface area contributed by atoms with Crippen LogP contribution in [-0.2, 0) is 19.3 Å². The first-order valence-electron chi connectivity index (χ1n) is 6.17. The van der Waals surface area contributed by atoms with Gasteiger partial charge in [-0.25, -0.2) is 0 Å². The summed E-state index contributed by atoms with van der Waals surface area (Å²) in [5.74, 6) is 0.875. The average molecular weight is 274 g/mol. The lowest BCUT2D eigenvalue weighted by atomic mass is 10.2. The second kappa shape index (κ2) is 5.41. The Morgan fingerprint density at radius 3 is 2.89 bits per heavy atom. The van der Waals surface area contributed by atoms with Crippen LogP contribution in [0.25, 0.3) is 4.96 Å². The Kier molecular flexibility index (Phi) is 3.47. The number of hydrogen-bond acceptors (Lipinski definition) is 6. The number of nitrogens with zero attached hydrogens (tertiary/aromatic N) is 5. The molecular formula is C12H14N6S. The van der Waals surface area contributed by atoms with Gasteiger partial charge in [0.2, 0.25) is 4.96 Å². The van der Waals surface area contributed by atoms with Crippen molar-refractivity contribution in [2.75, 3.05) is 6.54 Å². The summed E-state index contributed by atoms with van der Waals surface area (Å²) >= 11 is 1.55. The minimum absolute atomic E-state index is 0.605. The summed E-state index contributed by atoms with van der Waals surface area (Å²) in [5.41, 5.74) is 6.59. The number of pyridine rings is 1. The van der Waals surface area contributed by atoms with E-state index in [0.29, 0.717) is 6.54 Å². The molecule has 0 amide bonds. The fraction of sp³-hybridized carbons (Fsp3) is 0.333. The molecule has 0 saturated carbocycles. The first kappa shape index (κ1) is 12.2. The Bertz CT molecular complexity index is 659. The molecule has 0 aliphatic rings. The molecule has 0 aliphatic carbocycles. The molecule has 0 spiro atoms. The number of fused-ring (bicyclic) bond motifs is 1.